The van der Waals surface area contributed by atoms with Crippen LogP contribution in [0.4, 0.5) is 0 Å². The topological polar surface area (TPSA) is 40.5 Å². The normalized spacial score (nSPS) is 27.8. The third-order valence-corrected chi connectivity index (χ3v) is 4.07. The summed E-state index contributed by atoms with van der Waals surface area (Å²) in [6.07, 6.45) is 3.40. The first-order chi connectivity index (χ1) is 8.17. The molecule has 94 valence electrons. The van der Waals surface area contributed by atoms with Gasteiger partial charge in [0.15, 0.2) is 0 Å². The summed E-state index contributed by atoms with van der Waals surface area (Å²) in [4.78, 5) is 0. The lowest BCUT2D eigenvalue weighted by molar-refractivity contribution is 0.224. The van der Waals surface area contributed by atoms with E-state index < -0.39 is 0 Å². The fourth-order valence-electron chi connectivity index (χ4n) is 3.22. The third kappa shape index (κ3) is 2.32. The summed E-state index contributed by atoms with van der Waals surface area (Å²) >= 11 is 0. The number of hydrogen-bond acceptors (Lipinski definition) is 2. The Bertz CT molecular complexity index is 387. The number of aliphatic hydroxyl groups excluding tert-OH is 1. The summed E-state index contributed by atoms with van der Waals surface area (Å²) in [5.74, 6) is 1.70. The molecule has 1 aliphatic carbocycles. The highest BCUT2D eigenvalue weighted by Gasteiger charge is 2.31. The number of fused-ring (bicyclic) bond motifs is 1. The summed E-state index contributed by atoms with van der Waals surface area (Å²) in [7, 11) is 0. The van der Waals surface area contributed by atoms with E-state index in [-0.39, 0.29) is 12.5 Å². The van der Waals surface area contributed by atoms with Crippen molar-refractivity contribution < 1.29 is 10.2 Å². The maximum absolute atomic E-state index is 9.60. The van der Waals surface area contributed by atoms with Crippen LogP contribution in [0.5, 0.6) is 5.75 Å². The molecule has 0 amide bonds. The Hall–Kier alpha value is -1.02. The van der Waals surface area contributed by atoms with Crippen LogP contribution in [0, 0.1) is 5.92 Å². The second-order valence-corrected chi connectivity index (χ2v) is 5.30. The fraction of sp³-hybridized carbons (Fsp3) is 0.600. The van der Waals surface area contributed by atoms with Crippen LogP contribution in [0.3, 0.4) is 0 Å². The van der Waals surface area contributed by atoms with Gasteiger partial charge in [-0.1, -0.05) is 26.3 Å². The number of benzene rings is 1. The predicted octanol–water partition coefficient (Wildman–Crippen LogP) is 3.39. The fourth-order valence-corrected chi connectivity index (χ4v) is 3.22. The van der Waals surface area contributed by atoms with Crippen molar-refractivity contribution in [1.29, 1.82) is 0 Å². The van der Waals surface area contributed by atoms with Crippen molar-refractivity contribution in [3.8, 4) is 5.75 Å². The van der Waals surface area contributed by atoms with E-state index in [1.165, 1.54) is 18.4 Å². The van der Waals surface area contributed by atoms with Gasteiger partial charge >= 0.3 is 0 Å². The Morgan fingerprint density at radius 2 is 2.06 bits per heavy atom. The van der Waals surface area contributed by atoms with E-state index in [0.717, 1.165) is 12.0 Å². The molecule has 0 radical (unpaired) electrons. The van der Waals surface area contributed by atoms with E-state index in [1.807, 2.05) is 12.1 Å². The molecule has 0 saturated heterocycles. The number of aromatic hydroxyl groups is 1. The van der Waals surface area contributed by atoms with Crippen LogP contribution in [0.2, 0.25) is 0 Å². The van der Waals surface area contributed by atoms with Gasteiger partial charge in [0.2, 0.25) is 0 Å². The number of hydrogen-bond donors (Lipinski definition) is 2. The highest BCUT2D eigenvalue weighted by atomic mass is 16.3. The molecule has 1 aromatic rings. The minimum absolute atomic E-state index is 0.180. The Morgan fingerprint density at radius 1 is 1.29 bits per heavy atom. The van der Waals surface area contributed by atoms with Crippen LogP contribution in [0.1, 0.15) is 56.1 Å². The molecule has 2 nitrogen and oxygen atoms in total. The highest BCUT2D eigenvalue weighted by molar-refractivity contribution is 5.41. The molecule has 17 heavy (non-hydrogen) atoms. The van der Waals surface area contributed by atoms with Gasteiger partial charge in [-0.15, -0.1) is 0 Å². The molecule has 2 rings (SSSR count). The maximum atomic E-state index is 9.60. The summed E-state index contributed by atoms with van der Waals surface area (Å²) in [6.45, 7) is 4.67. The van der Waals surface area contributed by atoms with Gasteiger partial charge in [0, 0.05) is 12.5 Å². The van der Waals surface area contributed by atoms with Gasteiger partial charge in [-0.25, -0.2) is 0 Å². The molecule has 0 bridgehead atoms. The molecular formula is C15H22O2. The SMILES string of the molecule is CCCC1c2ccc(O)cc2C(CO)CC1C. The van der Waals surface area contributed by atoms with Gasteiger partial charge in [-0.3, -0.25) is 0 Å². The summed E-state index contributed by atoms with van der Waals surface area (Å²) in [5.41, 5.74) is 2.49. The predicted molar refractivity (Wildman–Crippen MR) is 69.4 cm³/mol. The minimum Gasteiger partial charge on any atom is -0.508 e. The van der Waals surface area contributed by atoms with Crippen molar-refractivity contribution >= 4 is 0 Å². The number of aliphatic hydroxyl groups is 1. The first-order valence-corrected chi connectivity index (χ1v) is 6.61. The second kappa shape index (κ2) is 5.09. The standard InChI is InChI=1S/C15H22O2/c1-3-4-13-10(2)7-11(9-16)15-8-12(17)5-6-14(13)15/h5-6,8,10-11,13,16-17H,3-4,7,9H2,1-2H3. The minimum atomic E-state index is 0.180. The molecule has 2 N–H and O–H groups in total. The maximum Gasteiger partial charge on any atom is 0.115 e. The summed E-state index contributed by atoms with van der Waals surface area (Å²) < 4.78 is 0. The average molecular weight is 234 g/mol. The molecule has 1 aromatic carbocycles. The first kappa shape index (κ1) is 12.4. The largest absolute Gasteiger partial charge is 0.508 e. The van der Waals surface area contributed by atoms with Crippen LogP contribution in [-0.2, 0) is 0 Å². The van der Waals surface area contributed by atoms with Crippen molar-refractivity contribution in [2.24, 2.45) is 5.92 Å². The molecule has 1 aliphatic rings. The Balaban J connectivity index is 2.42. The first-order valence-electron chi connectivity index (χ1n) is 6.61. The quantitative estimate of drug-likeness (QED) is 0.841. The second-order valence-electron chi connectivity index (χ2n) is 5.30. The molecule has 0 aromatic heterocycles. The van der Waals surface area contributed by atoms with Gasteiger partial charge in [0.1, 0.15) is 5.75 Å². The molecule has 0 aliphatic heterocycles. The highest BCUT2D eigenvalue weighted by Crippen LogP contribution is 2.45. The zero-order valence-corrected chi connectivity index (χ0v) is 10.7. The lowest BCUT2D eigenvalue weighted by Crippen LogP contribution is -2.23. The van der Waals surface area contributed by atoms with Crippen LogP contribution in [0.25, 0.3) is 0 Å². The van der Waals surface area contributed by atoms with Crippen LogP contribution >= 0.6 is 0 Å². The van der Waals surface area contributed by atoms with Crippen molar-refractivity contribution in [3.63, 3.8) is 0 Å². The van der Waals surface area contributed by atoms with Gasteiger partial charge in [-0.05, 0) is 47.9 Å². The van der Waals surface area contributed by atoms with Gasteiger partial charge in [-0.2, -0.15) is 0 Å². The molecule has 0 fully saturated rings. The lowest BCUT2D eigenvalue weighted by atomic mass is 9.69. The van der Waals surface area contributed by atoms with Crippen molar-refractivity contribution in [2.75, 3.05) is 6.61 Å². The van der Waals surface area contributed by atoms with Crippen LogP contribution < -0.4 is 0 Å². The smallest absolute Gasteiger partial charge is 0.115 e. The van der Waals surface area contributed by atoms with Crippen molar-refractivity contribution in [3.05, 3.63) is 29.3 Å². The summed E-state index contributed by atoms with van der Waals surface area (Å²) in [5, 5.41) is 19.1. The molecule has 0 saturated carbocycles. The lowest BCUT2D eigenvalue weighted by Gasteiger charge is -2.36. The molecule has 0 spiro atoms. The molecule has 3 atom stereocenters. The number of rotatable bonds is 3. The van der Waals surface area contributed by atoms with E-state index in [4.69, 9.17) is 0 Å². The zero-order valence-electron chi connectivity index (χ0n) is 10.7. The van der Waals surface area contributed by atoms with Crippen LogP contribution in [-0.4, -0.2) is 16.8 Å². The Labute approximate surface area is 103 Å². The number of phenolic OH excluding ortho intramolecular Hbond substituents is 1. The average Bonchev–Trinajstić information content (AvgIpc) is 2.32. The van der Waals surface area contributed by atoms with E-state index in [0.29, 0.717) is 17.6 Å². The summed E-state index contributed by atoms with van der Waals surface area (Å²) in [6, 6.07) is 5.65. The van der Waals surface area contributed by atoms with Crippen molar-refractivity contribution in [2.45, 2.75) is 44.9 Å². The van der Waals surface area contributed by atoms with E-state index >= 15 is 0 Å². The van der Waals surface area contributed by atoms with Crippen molar-refractivity contribution in [1.82, 2.24) is 0 Å². The van der Waals surface area contributed by atoms with Gasteiger partial charge in [0.05, 0.1) is 0 Å². The zero-order chi connectivity index (χ0) is 12.4. The number of phenols is 1. The van der Waals surface area contributed by atoms with E-state index in [9.17, 15) is 10.2 Å². The van der Waals surface area contributed by atoms with E-state index in [1.54, 1.807) is 6.07 Å². The van der Waals surface area contributed by atoms with E-state index in [2.05, 4.69) is 13.8 Å². The molecule has 0 heterocycles. The van der Waals surface area contributed by atoms with Gasteiger partial charge < -0.3 is 10.2 Å². The Morgan fingerprint density at radius 3 is 2.71 bits per heavy atom. The van der Waals surface area contributed by atoms with Gasteiger partial charge in [0.25, 0.3) is 0 Å². The molecular weight excluding hydrogens is 212 g/mol. The monoisotopic (exact) mass is 234 g/mol. The molecule has 2 heteroatoms. The molecule has 3 unspecified atom stereocenters. The Kier molecular flexibility index (Phi) is 3.72. The van der Waals surface area contributed by atoms with Crippen LogP contribution in [0.15, 0.2) is 18.2 Å². The third-order valence-electron chi connectivity index (χ3n) is 4.07.